The second-order valence-corrected chi connectivity index (χ2v) is 9.29. The number of fused-ring (bicyclic) bond motifs is 1. The number of nitrogens with zero attached hydrogens (tertiary/aromatic N) is 1. The summed E-state index contributed by atoms with van der Waals surface area (Å²) in [5.41, 5.74) is 0.825. The van der Waals surface area contributed by atoms with Crippen LogP contribution in [-0.4, -0.2) is 49.0 Å². The van der Waals surface area contributed by atoms with E-state index >= 15 is 0 Å². The third-order valence-corrected chi connectivity index (χ3v) is 6.79. The summed E-state index contributed by atoms with van der Waals surface area (Å²) in [7, 11) is 1.61. The minimum atomic E-state index is -0.624. The van der Waals surface area contributed by atoms with E-state index < -0.39 is 5.60 Å². The van der Waals surface area contributed by atoms with Crippen LogP contribution in [0.1, 0.15) is 48.5 Å². The van der Waals surface area contributed by atoms with Crippen molar-refractivity contribution in [2.45, 2.75) is 44.6 Å². The second kappa shape index (κ2) is 9.82. The molecule has 2 aromatic rings. The van der Waals surface area contributed by atoms with Gasteiger partial charge in [0, 0.05) is 37.4 Å². The van der Waals surface area contributed by atoms with Crippen molar-refractivity contribution < 1.29 is 23.8 Å². The molecule has 0 saturated carbocycles. The Morgan fingerprint density at radius 2 is 1.91 bits per heavy atom. The van der Waals surface area contributed by atoms with Crippen molar-refractivity contribution >= 4 is 34.9 Å². The molecule has 0 unspecified atom stereocenters. The van der Waals surface area contributed by atoms with Gasteiger partial charge in [0.2, 0.25) is 5.91 Å². The maximum atomic E-state index is 12.8. The molecule has 8 heteroatoms. The molecule has 1 spiro atoms. The van der Waals surface area contributed by atoms with E-state index in [1.807, 2.05) is 30.0 Å². The number of Topliss-reactive ketones (excluding diaryl/α,β-unsaturated/α-hetero) is 1. The highest BCUT2D eigenvalue weighted by Gasteiger charge is 2.44. The zero-order valence-corrected chi connectivity index (χ0v) is 20.3. The number of hydrogen-bond donors (Lipinski definition) is 0. The number of methoxy groups -OCH3 is 1. The molecule has 2 aliphatic heterocycles. The number of ether oxygens (including phenoxy) is 3. The standard InChI is InChI=1S/C25H27Cl2NO5/c1-3-32-21-6-4-16(12-22(21)31-2)5-7-23(30)28-10-8-25(9-11-28)15-20(29)18-13-17(26)14-19(27)24(18)33-25/h4,6,12-14H,3,5,7-11,15H2,1-2H3. The number of carbonyl (C=O) groups is 2. The van der Waals surface area contributed by atoms with Gasteiger partial charge in [-0.05, 0) is 43.2 Å². The molecule has 1 fully saturated rings. The highest BCUT2D eigenvalue weighted by molar-refractivity contribution is 6.36. The summed E-state index contributed by atoms with van der Waals surface area (Å²) in [5.74, 6) is 1.83. The van der Waals surface area contributed by atoms with E-state index in [1.165, 1.54) is 0 Å². The molecule has 0 bridgehead atoms. The Hall–Kier alpha value is -2.44. The van der Waals surface area contributed by atoms with Crippen molar-refractivity contribution in [1.82, 2.24) is 4.90 Å². The molecule has 0 radical (unpaired) electrons. The number of carbonyl (C=O) groups excluding carboxylic acids is 2. The molecule has 1 amide bonds. The van der Waals surface area contributed by atoms with Gasteiger partial charge in [-0.15, -0.1) is 0 Å². The molecule has 0 N–H and O–H groups in total. The Labute approximate surface area is 203 Å². The highest BCUT2D eigenvalue weighted by atomic mass is 35.5. The van der Waals surface area contributed by atoms with Crippen molar-refractivity contribution in [2.75, 3.05) is 26.8 Å². The van der Waals surface area contributed by atoms with Gasteiger partial charge < -0.3 is 19.1 Å². The zero-order valence-electron chi connectivity index (χ0n) is 18.8. The van der Waals surface area contributed by atoms with Crippen LogP contribution in [0.25, 0.3) is 0 Å². The summed E-state index contributed by atoms with van der Waals surface area (Å²) in [6.45, 7) is 3.57. The van der Waals surface area contributed by atoms with Crippen molar-refractivity contribution in [2.24, 2.45) is 0 Å². The van der Waals surface area contributed by atoms with Crippen LogP contribution in [0, 0.1) is 0 Å². The summed E-state index contributed by atoms with van der Waals surface area (Å²) in [4.78, 5) is 27.5. The third kappa shape index (κ3) is 5.07. The minimum Gasteiger partial charge on any atom is -0.493 e. The predicted octanol–water partition coefficient (Wildman–Crippen LogP) is 5.36. The lowest BCUT2D eigenvalue weighted by atomic mass is 9.82. The topological polar surface area (TPSA) is 65.1 Å². The SMILES string of the molecule is CCOc1ccc(CCC(=O)N2CCC3(CC2)CC(=O)c2cc(Cl)cc(Cl)c2O3)cc1OC. The number of aryl methyl sites for hydroxylation is 1. The molecular formula is C25H27Cl2NO5. The fourth-order valence-corrected chi connectivity index (χ4v) is 5.04. The van der Waals surface area contributed by atoms with Gasteiger partial charge in [0.15, 0.2) is 17.3 Å². The normalized spacial score (nSPS) is 16.8. The minimum absolute atomic E-state index is 0.0233. The van der Waals surface area contributed by atoms with E-state index in [0.29, 0.717) is 78.2 Å². The van der Waals surface area contributed by atoms with Crippen LogP contribution in [0.5, 0.6) is 17.2 Å². The van der Waals surface area contributed by atoms with Gasteiger partial charge in [-0.25, -0.2) is 0 Å². The van der Waals surface area contributed by atoms with E-state index in [-0.39, 0.29) is 18.1 Å². The molecule has 176 valence electrons. The van der Waals surface area contributed by atoms with Crippen LogP contribution >= 0.6 is 23.2 Å². The molecule has 0 aliphatic carbocycles. The summed E-state index contributed by atoms with van der Waals surface area (Å²) < 4.78 is 17.2. The van der Waals surface area contributed by atoms with Crippen LogP contribution in [0.3, 0.4) is 0 Å². The molecule has 33 heavy (non-hydrogen) atoms. The van der Waals surface area contributed by atoms with E-state index in [9.17, 15) is 9.59 Å². The highest BCUT2D eigenvalue weighted by Crippen LogP contribution is 2.44. The smallest absolute Gasteiger partial charge is 0.222 e. The van der Waals surface area contributed by atoms with Gasteiger partial charge >= 0.3 is 0 Å². The summed E-state index contributed by atoms with van der Waals surface area (Å²) >= 11 is 12.3. The lowest BCUT2D eigenvalue weighted by Gasteiger charge is -2.44. The molecular weight excluding hydrogens is 465 g/mol. The van der Waals surface area contributed by atoms with Gasteiger partial charge in [0.25, 0.3) is 0 Å². The number of ketones is 1. The van der Waals surface area contributed by atoms with Crippen molar-refractivity contribution in [3.8, 4) is 17.2 Å². The first kappa shape index (κ1) is 23.7. The number of halogens is 2. The number of hydrogen-bond acceptors (Lipinski definition) is 5. The Morgan fingerprint density at radius 1 is 1.15 bits per heavy atom. The molecule has 1 saturated heterocycles. The molecule has 2 aliphatic rings. The second-order valence-electron chi connectivity index (χ2n) is 8.45. The molecule has 4 rings (SSSR count). The first-order valence-electron chi connectivity index (χ1n) is 11.1. The molecule has 0 aromatic heterocycles. The Morgan fingerprint density at radius 3 is 2.61 bits per heavy atom. The molecule has 2 heterocycles. The fourth-order valence-electron chi connectivity index (χ4n) is 4.51. The van der Waals surface area contributed by atoms with Crippen molar-refractivity contribution in [1.29, 1.82) is 0 Å². The Balaban J connectivity index is 1.35. The van der Waals surface area contributed by atoms with Gasteiger partial charge in [-0.2, -0.15) is 0 Å². The largest absolute Gasteiger partial charge is 0.493 e. The van der Waals surface area contributed by atoms with E-state index in [1.54, 1.807) is 19.2 Å². The number of likely N-dealkylation sites (tertiary alicyclic amines) is 1. The maximum absolute atomic E-state index is 12.8. The van der Waals surface area contributed by atoms with Gasteiger partial charge in [-0.1, -0.05) is 29.3 Å². The average molecular weight is 492 g/mol. The van der Waals surface area contributed by atoms with Crippen LogP contribution in [0.15, 0.2) is 30.3 Å². The Kier molecular flexibility index (Phi) is 7.05. The average Bonchev–Trinajstić information content (AvgIpc) is 2.80. The molecule has 6 nitrogen and oxygen atoms in total. The van der Waals surface area contributed by atoms with E-state index in [2.05, 4.69) is 0 Å². The lowest BCUT2D eigenvalue weighted by Crippen LogP contribution is -2.52. The first-order valence-corrected chi connectivity index (χ1v) is 11.9. The Bertz CT molecular complexity index is 1060. The monoisotopic (exact) mass is 491 g/mol. The van der Waals surface area contributed by atoms with Crippen LogP contribution < -0.4 is 14.2 Å². The first-order chi connectivity index (χ1) is 15.8. The van der Waals surface area contributed by atoms with E-state index in [0.717, 1.165) is 5.56 Å². The maximum Gasteiger partial charge on any atom is 0.222 e. The third-order valence-electron chi connectivity index (χ3n) is 6.29. The van der Waals surface area contributed by atoms with Crippen molar-refractivity contribution in [3.05, 3.63) is 51.5 Å². The van der Waals surface area contributed by atoms with Crippen LogP contribution in [-0.2, 0) is 11.2 Å². The van der Waals surface area contributed by atoms with Crippen LogP contribution in [0.2, 0.25) is 10.0 Å². The summed E-state index contributed by atoms with van der Waals surface area (Å²) in [6.07, 6.45) is 2.45. The summed E-state index contributed by atoms with van der Waals surface area (Å²) in [6, 6.07) is 8.94. The van der Waals surface area contributed by atoms with Gasteiger partial charge in [0.1, 0.15) is 11.4 Å². The number of piperidine rings is 1. The van der Waals surface area contributed by atoms with Gasteiger partial charge in [-0.3, -0.25) is 9.59 Å². The van der Waals surface area contributed by atoms with E-state index in [4.69, 9.17) is 37.4 Å². The number of benzene rings is 2. The van der Waals surface area contributed by atoms with Gasteiger partial charge in [0.05, 0.1) is 30.7 Å². The van der Waals surface area contributed by atoms with Crippen LogP contribution in [0.4, 0.5) is 0 Å². The number of rotatable bonds is 6. The fraction of sp³-hybridized carbons (Fsp3) is 0.440. The molecule has 2 aromatic carbocycles. The molecule has 0 atom stereocenters. The summed E-state index contributed by atoms with van der Waals surface area (Å²) in [5, 5.41) is 0.756. The predicted molar refractivity (Wildman–Crippen MR) is 127 cm³/mol. The lowest BCUT2D eigenvalue weighted by molar-refractivity contribution is -0.134. The number of amides is 1. The quantitative estimate of drug-likeness (QED) is 0.543. The van der Waals surface area contributed by atoms with Crippen molar-refractivity contribution in [3.63, 3.8) is 0 Å². The zero-order chi connectivity index (χ0) is 23.6.